The van der Waals surface area contributed by atoms with Gasteiger partial charge in [-0.25, -0.2) is 9.78 Å². The lowest BCUT2D eigenvalue weighted by atomic mass is 10.1. The smallest absolute Gasteiger partial charge is 0.317 e. The van der Waals surface area contributed by atoms with Crippen molar-refractivity contribution in [2.75, 3.05) is 26.2 Å². The van der Waals surface area contributed by atoms with E-state index in [9.17, 15) is 4.79 Å². The molecule has 0 aliphatic carbocycles. The fourth-order valence-electron chi connectivity index (χ4n) is 3.65. The highest BCUT2D eigenvalue weighted by molar-refractivity contribution is 5.74. The minimum Gasteiger partial charge on any atom is -0.338 e. The third-order valence-corrected chi connectivity index (χ3v) is 5.19. The third kappa shape index (κ3) is 5.57. The molecule has 1 fully saturated rings. The van der Waals surface area contributed by atoms with Crippen molar-refractivity contribution in [2.24, 2.45) is 13.0 Å². The van der Waals surface area contributed by atoms with Crippen LogP contribution in [0.5, 0.6) is 0 Å². The number of carbonyl (C=O) groups is 1. The molecule has 0 saturated carbocycles. The lowest BCUT2D eigenvalue weighted by Crippen LogP contribution is -2.42. The SMILES string of the molecule is CCCN(Cc1nccn1C)C(=O)NCC1CCN(Cc2ccccc2)C1. The minimum atomic E-state index is 0.0151. The number of imidazole rings is 1. The lowest BCUT2D eigenvalue weighted by Gasteiger charge is -2.23. The van der Waals surface area contributed by atoms with Gasteiger partial charge in [0.1, 0.15) is 5.82 Å². The van der Waals surface area contributed by atoms with E-state index in [2.05, 4.69) is 52.5 Å². The molecule has 1 aromatic heterocycles. The highest BCUT2D eigenvalue weighted by Gasteiger charge is 2.24. The zero-order valence-corrected chi connectivity index (χ0v) is 16.5. The quantitative estimate of drug-likeness (QED) is 0.778. The normalized spacial score (nSPS) is 17.2. The van der Waals surface area contributed by atoms with Gasteiger partial charge >= 0.3 is 6.03 Å². The molecule has 0 spiro atoms. The standard InChI is InChI=1S/C21H31N5O/c1-3-11-26(17-20-22-10-13-24(20)2)21(27)23-14-19-9-12-25(16-19)15-18-7-5-4-6-8-18/h4-8,10,13,19H,3,9,11-12,14-17H2,1-2H3,(H,23,27). The predicted molar refractivity (Wildman–Crippen MR) is 107 cm³/mol. The molecule has 1 aromatic carbocycles. The van der Waals surface area contributed by atoms with Gasteiger partial charge in [-0.1, -0.05) is 37.3 Å². The van der Waals surface area contributed by atoms with Gasteiger partial charge in [-0.2, -0.15) is 0 Å². The number of rotatable bonds is 8. The zero-order chi connectivity index (χ0) is 19.1. The summed E-state index contributed by atoms with van der Waals surface area (Å²) < 4.78 is 1.97. The van der Waals surface area contributed by atoms with Crippen LogP contribution in [0.15, 0.2) is 42.7 Å². The molecular weight excluding hydrogens is 338 g/mol. The van der Waals surface area contributed by atoms with Gasteiger partial charge in [0.15, 0.2) is 0 Å². The van der Waals surface area contributed by atoms with Gasteiger partial charge < -0.3 is 14.8 Å². The summed E-state index contributed by atoms with van der Waals surface area (Å²) in [6.45, 7) is 7.26. The van der Waals surface area contributed by atoms with Crippen molar-refractivity contribution in [3.05, 3.63) is 54.1 Å². The molecule has 1 atom stereocenters. The zero-order valence-electron chi connectivity index (χ0n) is 16.5. The number of nitrogens with zero attached hydrogens (tertiary/aromatic N) is 4. The predicted octanol–water partition coefficient (Wildman–Crippen LogP) is 2.86. The Morgan fingerprint density at radius 2 is 2.15 bits per heavy atom. The first-order valence-corrected chi connectivity index (χ1v) is 9.91. The highest BCUT2D eigenvalue weighted by Crippen LogP contribution is 2.18. The van der Waals surface area contributed by atoms with Crippen molar-refractivity contribution >= 4 is 6.03 Å². The Morgan fingerprint density at radius 3 is 2.85 bits per heavy atom. The number of nitrogens with one attached hydrogen (secondary N) is 1. The molecule has 2 aromatic rings. The number of likely N-dealkylation sites (tertiary alicyclic amines) is 1. The fourth-order valence-corrected chi connectivity index (χ4v) is 3.65. The van der Waals surface area contributed by atoms with Crippen molar-refractivity contribution < 1.29 is 4.79 Å². The lowest BCUT2D eigenvalue weighted by molar-refractivity contribution is 0.191. The van der Waals surface area contributed by atoms with Crippen LogP contribution in [0.4, 0.5) is 4.79 Å². The molecule has 2 amide bonds. The molecule has 1 aliphatic rings. The number of hydrogen-bond donors (Lipinski definition) is 1. The van der Waals surface area contributed by atoms with Crippen molar-refractivity contribution in [1.29, 1.82) is 0 Å². The Morgan fingerprint density at radius 1 is 1.33 bits per heavy atom. The second kappa shape index (κ2) is 9.55. The van der Waals surface area contributed by atoms with Crippen LogP contribution in [-0.4, -0.2) is 51.6 Å². The largest absolute Gasteiger partial charge is 0.338 e. The number of carbonyl (C=O) groups excluding carboxylic acids is 1. The fraction of sp³-hybridized carbons (Fsp3) is 0.524. The van der Waals surface area contributed by atoms with Crippen LogP contribution < -0.4 is 5.32 Å². The average molecular weight is 370 g/mol. The summed E-state index contributed by atoms with van der Waals surface area (Å²) in [5.74, 6) is 1.43. The molecular formula is C21H31N5O. The molecule has 1 N–H and O–H groups in total. The molecule has 27 heavy (non-hydrogen) atoms. The molecule has 0 bridgehead atoms. The van der Waals surface area contributed by atoms with E-state index in [0.29, 0.717) is 12.5 Å². The van der Waals surface area contributed by atoms with Gasteiger partial charge in [-0.05, 0) is 30.9 Å². The summed E-state index contributed by atoms with van der Waals surface area (Å²) in [7, 11) is 1.96. The number of amides is 2. The van der Waals surface area contributed by atoms with E-state index >= 15 is 0 Å². The topological polar surface area (TPSA) is 53.4 Å². The first kappa shape index (κ1) is 19.4. The summed E-state index contributed by atoms with van der Waals surface area (Å²) in [4.78, 5) is 21.3. The molecule has 146 valence electrons. The van der Waals surface area contributed by atoms with Gasteiger partial charge in [0.25, 0.3) is 0 Å². The van der Waals surface area contributed by atoms with E-state index in [1.165, 1.54) is 5.56 Å². The molecule has 6 nitrogen and oxygen atoms in total. The Labute approximate surface area is 162 Å². The minimum absolute atomic E-state index is 0.0151. The number of hydrogen-bond acceptors (Lipinski definition) is 3. The number of aryl methyl sites for hydroxylation is 1. The van der Waals surface area contributed by atoms with E-state index in [1.807, 2.05) is 22.7 Å². The maximum absolute atomic E-state index is 12.7. The maximum atomic E-state index is 12.7. The summed E-state index contributed by atoms with van der Waals surface area (Å²) >= 11 is 0. The molecule has 1 unspecified atom stereocenters. The Balaban J connectivity index is 1.45. The molecule has 1 saturated heterocycles. The summed E-state index contributed by atoms with van der Waals surface area (Å²) in [6, 6.07) is 10.6. The summed E-state index contributed by atoms with van der Waals surface area (Å²) in [5.41, 5.74) is 1.35. The number of urea groups is 1. The van der Waals surface area contributed by atoms with Crippen LogP contribution in [0.1, 0.15) is 31.2 Å². The first-order chi connectivity index (χ1) is 13.2. The number of benzene rings is 1. The number of aromatic nitrogens is 2. The first-order valence-electron chi connectivity index (χ1n) is 9.91. The van der Waals surface area contributed by atoms with E-state index in [1.54, 1.807) is 6.20 Å². The molecule has 0 radical (unpaired) electrons. The Hall–Kier alpha value is -2.34. The van der Waals surface area contributed by atoms with Crippen LogP contribution in [-0.2, 0) is 20.1 Å². The van der Waals surface area contributed by atoms with E-state index in [4.69, 9.17) is 0 Å². The molecule has 3 rings (SSSR count). The Bertz CT molecular complexity index is 714. The molecule has 1 aliphatic heterocycles. The van der Waals surface area contributed by atoms with Crippen LogP contribution in [0.2, 0.25) is 0 Å². The van der Waals surface area contributed by atoms with E-state index < -0.39 is 0 Å². The van der Waals surface area contributed by atoms with E-state index in [-0.39, 0.29) is 6.03 Å². The van der Waals surface area contributed by atoms with Gasteiger partial charge in [0.05, 0.1) is 6.54 Å². The van der Waals surface area contributed by atoms with Crippen molar-refractivity contribution in [3.63, 3.8) is 0 Å². The summed E-state index contributed by atoms with van der Waals surface area (Å²) in [5, 5.41) is 3.15. The van der Waals surface area contributed by atoms with E-state index in [0.717, 1.165) is 51.4 Å². The van der Waals surface area contributed by atoms with Gasteiger partial charge in [0.2, 0.25) is 0 Å². The van der Waals surface area contributed by atoms with Crippen molar-refractivity contribution in [3.8, 4) is 0 Å². The average Bonchev–Trinajstić information content (AvgIpc) is 3.29. The second-order valence-electron chi connectivity index (χ2n) is 7.44. The van der Waals surface area contributed by atoms with Gasteiger partial charge in [-0.3, -0.25) is 4.90 Å². The van der Waals surface area contributed by atoms with Gasteiger partial charge in [-0.15, -0.1) is 0 Å². The summed E-state index contributed by atoms with van der Waals surface area (Å²) in [6.07, 6.45) is 5.76. The van der Waals surface area contributed by atoms with Gasteiger partial charge in [0, 0.05) is 45.6 Å². The Kier molecular flexibility index (Phi) is 6.87. The second-order valence-corrected chi connectivity index (χ2v) is 7.44. The third-order valence-electron chi connectivity index (χ3n) is 5.19. The molecule has 2 heterocycles. The molecule has 6 heteroatoms. The van der Waals surface area contributed by atoms with Crippen LogP contribution in [0.25, 0.3) is 0 Å². The maximum Gasteiger partial charge on any atom is 0.317 e. The van der Waals surface area contributed by atoms with Crippen molar-refractivity contribution in [2.45, 2.75) is 32.9 Å². The van der Waals surface area contributed by atoms with Crippen LogP contribution in [0, 0.1) is 5.92 Å². The van der Waals surface area contributed by atoms with Crippen LogP contribution in [0.3, 0.4) is 0 Å². The van der Waals surface area contributed by atoms with Crippen molar-refractivity contribution in [1.82, 2.24) is 24.7 Å². The monoisotopic (exact) mass is 369 g/mol. The highest BCUT2D eigenvalue weighted by atomic mass is 16.2. The van der Waals surface area contributed by atoms with Crippen LogP contribution >= 0.6 is 0 Å².